The van der Waals surface area contributed by atoms with Crippen molar-refractivity contribution in [1.82, 2.24) is 5.32 Å². The van der Waals surface area contributed by atoms with Gasteiger partial charge < -0.3 is 15.4 Å². The van der Waals surface area contributed by atoms with Crippen molar-refractivity contribution in [2.24, 2.45) is 0 Å². The zero-order valence-electron chi connectivity index (χ0n) is 7.37. The van der Waals surface area contributed by atoms with E-state index in [1.165, 1.54) is 0 Å². The van der Waals surface area contributed by atoms with Gasteiger partial charge >= 0.3 is 0 Å². The monoisotopic (exact) mass is 216 g/mol. The molecular formula is C8H12N2OS2. The van der Waals surface area contributed by atoms with Gasteiger partial charge in [-0.1, -0.05) is 0 Å². The normalized spacial score (nSPS) is 9.62. The number of hydrogen-bond donors (Lipinski definition) is 2. The van der Waals surface area contributed by atoms with Crippen LogP contribution in [0.2, 0.25) is 0 Å². The Morgan fingerprint density at radius 3 is 3.15 bits per heavy atom. The summed E-state index contributed by atoms with van der Waals surface area (Å²) in [5.74, 6) is 0. The molecule has 13 heavy (non-hydrogen) atoms. The van der Waals surface area contributed by atoms with Gasteiger partial charge in [-0.25, -0.2) is 0 Å². The zero-order valence-corrected chi connectivity index (χ0v) is 9.00. The van der Waals surface area contributed by atoms with Crippen molar-refractivity contribution in [3.05, 3.63) is 16.8 Å². The van der Waals surface area contributed by atoms with Crippen LogP contribution < -0.4 is 10.6 Å². The average Bonchev–Trinajstić information content (AvgIpc) is 2.57. The molecule has 1 aromatic heterocycles. The predicted octanol–water partition coefficient (Wildman–Crippen LogP) is 1.68. The zero-order chi connectivity index (χ0) is 9.52. The van der Waals surface area contributed by atoms with Crippen molar-refractivity contribution >= 4 is 34.4 Å². The van der Waals surface area contributed by atoms with Gasteiger partial charge in [0.15, 0.2) is 5.11 Å². The van der Waals surface area contributed by atoms with E-state index in [0.29, 0.717) is 11.7 Å². The predicted molar refractivity (Wildman–Crippen MR) is 60.4 cm³/mol. The van der Waals surface area contributed by atoms with Crippen LogP contribution in [0.5, 0.6) is 0 Å². The highest BCUT2D eigenvalue weighted by Crippen LogP contribution is 2.10. The van der Waals surface area contributed by atoms with Gasteiger partial charge in [0.2, 0.25) is 0 Å². The molecule has 0 spiro atoms. The second-order valence-corrected chi connectivity index (χ2v) is 3.57. The van der Waals surface area contributed by atoms with Crippen LogP contribution in [0.3, 0.4) is 0 Å². The van der Waals surface area contributed by atoms with E-state index in [2.05, 4.69) is 10.6 Å². The Hall–Kier alpha value is -0.650. The lowest BCUT2D eigenvalue weighted by Crippen LogP contribution is -2.30. The Balaban J connectivity index is 2.18. The highest BCUT2D eigenvalue weighted by molar-refractivity contribution is 7.80. The number of rotatable bonds is 4. The summed E-state index contributed by atoms with van der Waals surface area (Å²) in [6.45, 7) is 1.39. The van der Waals surface area contributed by atoms with E-state index in [9.17, 15) is 0 Å². The van der Waals surface area contributed by atoms with E-state index < -0.39 is 0 Å². The van der Waals surface area contributed by atoms with E-state index in [1.54, 1.807) is 18.4 Å². The highest BCUT2D eigenvalue weighted by Gasteiger charge is 1.95. The standard InChI is InChI=1S/C8H12N2OS2/c1-11-4-3-9-8(12)10-7-2-5-13-6-7/h2,5-6H,3-4H2,1H3,(H2,9,10,12). The first-order valence-electron chi connectivity index (χ1n) is 3.89. The molecule has 0 saturated carbocycles. The quantitative estimate of drug-likeness (QED) is 0.592. The number of ether oxygens (including phenoxy) is 1. The highest BCUT2D eigenvalue weighted by atomic mass is 32.1. The molecule has 0 aliphatic heterocycles. The minimum atomic E-state index is 0.635. The average molecular weight is 216 g/mol. The second kappa shape index (κ2) is 5.90. The summed E-state index contributed by atoms with van der Waals surface area (Å²) in [6.07, 6.45) is 0. The van der Waals surface area contributed by atoms with Crippen LogP contribution in [0.4, 0.5) is 5.69 Å². The molecule has 0 aliphatic rings. The maximum Gasteiger partial charge on any atom is 0.170 e. The summed E-state index contributed by atoms with van der Waals surface area (Å²) >= 11 is 6.68. The minimum absolute atomic E-state index is 0.635. The van der Waals surface area contributed by atoms with Crippen molar-refractivity contribution in [3.63, 3.8) is 0 Å². The molecule has 72 valence electrons. The van der Waals surface area contributed by atoms with E-state index in [4.69, 9.17) is 17.0 Å². The fraction of sp³-hybridized carbons (Fsp3) is 0.375. The molecule has 1 aromatic rings. The van der Waals surface area contributed by atoms with Crippen molar-refractivity contribution in [3.8, 4) is 0 Å². The molecule has 0 aromatic carbocycles. The van der Waals surface area contributed by atoms with Gasteiger partial charge in [0, 0.05) is 19.0 Å². The number of thiophene rings is 1. The molecule has 5 heteroatoms. The Labute approximate surface area is 87.1 Å². The van der Waals surface area contributed by atoms with Crippen molar-refractivity contribution < 1.29 is 4.74 Å². The molecule has 3 nitrogen and oxygen atoms in total. The van der Waals surface area contributed by atoms with Crippen LogP contribution in [-0.2, 0) is 4.74 Å². The van der Waals surface area contributed by atoms with Crippen molar-refractivity contribution in [1.29, 1.82) is 0 Å². The SMILES string of the molecule is COCCNC(=S)Nc1ccsc1. The van der Waals surface area contributed by atoms with Gasteiger partial charge in [-0.3, -0.25) is 0 Å². The Morgan fingerprint density at radius 1 is 1.69 bits per heavy atom. The second-order valence-electron chi connectivity index (χ2n) is 2.39. The summed E-state index contributed by atoms with van der Waals surface area (Å²) in [5.41, 5.74) is 1.03. The molecule has 0 fully saturated rings. The molecule has 0 bridgehead atoms. The van der Waals surface area contributed by atoms with Gasteiger partial charge in [-0.2, -0.15) is 11.3 Å². The van der Waals surface area contributed by atoms with Crippen molar-refractivity contribution in [2.75, 3.05) is 25.6 Å². The third-order valence-electron chi connectivity index (χ3n) is 1.37. The summed E-state index contributed by atoms with van der Waals surface area (Å²) < 4.78 is 4.88. The molecule has 0 atom stereocenters. The molecule has 0 unspecified atom stereocenters. The first-order valence-corrected chi connectivity index (χ1v) is 5.24. The van der Waals surface area contributed by atoms with Gasteiger partial charge in [-0.05, 0) is 23.7 Å². The molecule has 0 radical (unpaired) electrons. The minimum Gasteiger partial charge on any atom is -0.383 e. The third kappa shape index (κ3) is 4.21. The van der Waals surface area contributed by atoms with Crippen LogP contribution in [0.25, 0.3) is 0 Å². The maximum atomic E-state index is 5.04. The topological polar surface area (TPSA) is 33.3 Å². The van der Waals surface area contributed by atoms with Gasteiger partial charge in [-0.15, -0.1) is 0 Å². The lowest BCUT2D eigenvalue weighted by atomic mass is 10.5. The molecule has 0 aliphatic carbocycles. The summed E-state index contributed by atoms with van der Waals surface area (Å²) in [7, 11) is 1.66. The first-order chi connectivity index (χ1) is 6.33. The van der Waals surface area contributed by atoms with E-state index in [-0.39, 0.29) is 0 Å². The van der Waals surface area contributed by atoms with Crippen LogP contribution in [0.15, 0.2) is 16.8 Å². The number of thiocarbonyl (C=S) groups is 1. The van der Waals surface area contributed by atoms with E-state index >= 15 is 0 Å². The third-order valence-corrected chi connectivity index (χ3v) is 2.30. The maximum absolute atomic E-state index is 5.04. The van der Waals surface area contributed by atoms with Gasteiger partial charge in [0.1, 0.15) is 0 Å². The largest absolute Gasteiger partial charge is 0.383 e. The number of nitrogens with one attached hydrogen (secondary N) is 2. The summed E-state index contributed by atoms with van der Waals surface area (Å²) in [6, 6.07) is 1.98. The fourth-order valence-electron chi connectivity index (χ4n) is 0.778. The van der Waals surface area contributed by atoms with Crippen LogP contribution >= 0.6 is 23.6 Å². The Morgan fingerprint density at radius 2 is 2.54 bits per heavy atom. The lowest BCUT2D eigenvalue weighted by molar-refractivity contribution is 0.204. The Kier molecular flexibility index (Phi) is 4.74. The van der Waals surface area contributed by atoms with Crippen LogP contribution in [0.1, 0.15) is 0 Å². The van der Waals surface area contributed by atoms with Crippen LogP contribution in [0, 0.1) is 0 Å². The van der Waals surface area contributed by atoms with Gasteiger partial charge in [0.25, 0.3) is 0 Å². The molecule has 0 saturated heterocycles. The molecular weight excluding hydrogens is 204 g/mol. The number of methoxy groups -OCH3 is 1. The summed E-state index contributed by atoms with van der Waals surface area (Å²) in [5, 5.41) is 10.7. The smallest absolute Gasteiger partial charge is 0.170 e. The molecule has 0 amide bonds. The van der Waals surface area contributed by atoms with E-state index in [1.807, 2.05) is 16.8 Å². The first kappa shape index (κ1) is 10.4. The van der Waals surface area contributed by atoms with Crippen molar-refractivity contribution in [2.45, 2.75) is 0 Å². The molecule has 1 heterocycles. The van der Waals surface area contributed by atoms with Crippen LogP contribution in [-0.4, -0.2) is 25.4 Å². The number of anilines is 1. The Bertz CT molecular complexity index is 249. The van der Waals surface area contributed by atoms with E-state index in [0.717, 1.165) is 12.2 Å². The molecule has 2 N–H and O–H groups in total. The van der Waals surface area contributed by atoms with Gasteiger partial charge in [0.05, 0.1) is 12.3 Å². The number of hydrogen-bond acceptors (Lipinski definition) is 3. The molecule has 1 rings (SSSR count). The lowest BCUT2D eigenvalue weighted by Gasteiger charge is -2.07. The fourth-order valence-corrected chi connectivity index (χ4v) is 1.59. The summed E-state index contributed by atoms with van der Waals surface area (Å²) in [4.78, 5) is 0.